The lowest BCUT2D eigenvalue weighted by Crippen LogP contribution is -2.38. The van der Waals surface area contributed by atoms with Gasteiger partial charge in [-0.1, -0.05) is 30.4 Å². The van der Waals surface area contributed by atoms with Crippen molar-refractivity contribution >= 4 is 42.4 Å². The monoisotopic (exact) mass is 488 g/mol. The molecule has 0 N–H and O–H groups in total. The van der Waals surface area contributed by atoms with E-state index in [4.69, 9.17) is 14.5 Å². The predicted octanol–water partition coefficient (Wildman–Crippen LogP) is 4.24. The number of hydrogen-bond acceptors (Lipinski definition) is 7. The highest BCUT2D eigenvalue weighted by Gasteiger charge is 2.28. The summed E-state index contributed by atoms with van der Waals surface area (Å²) in [5.41, 5.74) is 2.03. The average Bonchev–Trinajstić information content (AvgIpc) is 3.50. The van der Waals surface area contributed by atoms with E-state index in [0.717, 1.165) is 35.0 Å². The number of anilines is 1. The van der Waals surface area contributed by atoms with Gasteiger partial charge in [0, 0.05) is 13.0 Å². The quantitative estimate of drug-likeness (QED) is 0.448. The second-order valence-electron chi connectivity index (χ2n) is 8.00. The molecule has 1 amide bonds. The summed E-state index contributed by atoms with van der Waals surface area (Å²) in [7, 11) is -2.09. The molecule has 0 bridgehead atoms. The van der Waals surface area contributed by atoms with Gasteiger partial charge in [-0.3, -0.25) is 9.69 Å². The highest BCUT2D eigenvalue weighted by Crippen LogP contribution is 2.32. The Hall–Kier alpha value is -2.49. The summed E-state index contributed by atoms with van der Waals surface area (Å²) in [6, 6.07) is 12.2. The van der Waals surface area contributed by atoms with E-state index in [0.29, 0.717) is 24.0 Å². The first kappa shape index (κ1) is 23.7. The summed E-state index contributed by atoms with van der Waals surface area (Å²) >= 11 is 1.46. The smallest absolute Gasteiger partial charge is 0.229 e. The maximum Gasteiger partial charge on any atom is 0.229 e. The lowest BCUT2D eigenvalue weighted by Gasteiger charge is -2.23. The first-order valence-electron chi connectivity index (χ1n) is 11.1. The molecule has 0 radical (unpaired) electrons. The van der Waals surface area contributed by atoms with Crippen LogP contribution in [0.5, 0.6) is 5.75 Å². The third-order valence-corrected chi connectivity index (χ3v) is 8.59. The van der Waals surface area contributed by atoms with Crippen molar-refractivity contribution in [3.05, 3.63) is 48.0 Å². The molecule has 9 heteroatoms. The second-order valence-corrected chi connectivity index (χ2v) is 11.1. The minimum atomic E-state index is -3.61. The summed E-state index contributed by atoms with van der Waals surface area (Å²) in [6.45, 7) is 3.13. The highest BCUT2D eigenvalue weighted by molar-refractivity contribution is 7.91. The lowest BCUT2D eigenvalue weighted by molar-refractivity contribution is -0.118. The Morgan fingerprint density at radius 2 is 2.03 bits per heavy atom. The second kappa shape index (κ2) is 10.2. The van der Waals surface area contributed by atoms with Crippen LogP contribution >= 0.6 is 11.3 Å². The molecular formula is C24H28N2O5S2. The van der Waals surface area contributed by atoms with Gasteiger partial charge in [0.05, 0.1) is 40.6 Å². The summed E-state index contributed by atoms with van der Waals surface area (Å²) in [6.07, 6.45) is 2.49. The number of nitrogens with zero attached hydrogens (tertiary/aromatic N) is 2. The zero-order valence-corrected chi connectivity index (χ0v) is 20.5. The Balaban J connectivity index is 1.56. The molecule has 1 aliphatic rings. The van der Waals surface area contributed by atoms with Crippen molar-refractivity contribution in [3.63, 3.8) is 0 Å². The minimum absolute atomic E-state index is 0.0650. The number of sulfone groups is 1. The van der Waals surface area contributed by atoms with Crippen LogP contribution in [0.2, 0.25) is 0 Å². The first-order chi connectivity index (χ1) is 15.9. The molecule has 7 nitrogen and oxygen atoms in total. The third kappa shape index (κ3) is 5.37. The maximum absolute atomic E-state index is 13.3. The highest BCUT2D eigenvalue weighted by atomic mass is 32.2. The molecule has 0 aliphatic carbocycles. The molecule has 1 fully saturated rings. The van der Waals surface area contributed by atoms with Gasteiger partial charge in [-0.15, -0.1) is 0 Å². The SMILES string of the molecule is CCc1cccc2sc(N(CC3CCCO3)C(=O)CCS(=O)(=O)c3ccc(OC)cc3)nc12. The molecule has 33 heavy (non-hydrogen) atoms. The largest absolute Gasteiger partial charge is 0.497 e. The number of hydrogen-bond donors (Lipinski definition) is 0. The Morgan fingerprint density at radius 1 is 1.24 bits per heavy atom. The van der Waals surface area contributed by atoms with Crippen molar-refractivity contribution in [2.75, 3.05) is 30.9 Å². The van der Waals surface area contributed by atoms with Crippen LogP contribution < -0.4 is 9.64 Å². The number of methoxy groups -OCH3 is 1. The number of thiazole rings is 1. The number of carbonyl (C=O) groups excluding carboxylic acids is 1. The molecule has 0 spiro atoms. The molecule has 176 valence electrons. The lowest BCUT2D eigenvalue weighted by atomic mass is 10.1. The maximum atomic E-state index is 13.3. The van der Waals surface area contributed by atoms with E-state index in [1.165, 1.54) is 30.6 Å². The van der Waals surface area contributed by atoms with Gasteiger partial charge in [0.15, 0.2) is 15.0 Å². The van der Waals surface area contributed by atoms with Crippen LogP contribution in [0, 0.1) is 0 Å². The number of aromatic nitrogens is 1. The minimum Gasteiger partial charge on any atom is -0.497 e. The van der Waals surface area contributed by atoms with Gasteiger partial charge in [0.25, 0.3) is 0 Å². The van der Waals surface area contributed by atoms with Gasteiger partial charge in [0.1, 0.15) is 5.75 Å². The Labute approximate surface area is 198 Å². The number of aryl methyl sites for hydroxylation is 1. The van der Waals surface area contributed by atoms with E-state index in [9.17, 15) is 13.2 Å². The molecule has 1 atom stereocenters. The number of para-hydroxylation sites is 1. The number of rotatable bonds is 9. The fourth-order valence-electron chi connectivity index (χ4n) is 3.93. The van der Waals surface area contributed by atoms with Crippen molar-refractivity contribution < 1.29 is 22.7 Å². The van der Waals surface area contributed by atoms with E-state index in [-0.39, 0.29) is 29.1 Å². The summed E-state index contributed by atoms with van der Waals surface area (Å²) < 4.78 is 37.5. The van der Waals surface area contributed by atoms with E-state index in [1.54, 1.807) is 17.0 Å². The van der Waals surface area contributed by atoms with Crippen molar-refractivity contribution in [3.8, 4) is 5.75 Å². The molecule has 0 saturated carbocycles. The average molecular weight is 489 g/mol. The van der Waals surface area contributed by atoms with Crippen LogP contribution in [0.3, 0.4) is 0 Å². The molecule has 2 aromatic carbocycles. The first-order valence-corrected chi connectivity index (χ1v) is 13.6. The third-order valence-electron chi connectivity index (χ3n) is 5.82. The van der Waals surface area contributed by atoms with Gasteiger partial charge in [-0.2, -0.15) is 0 Å². The Bertz CT molecular complexity index is 1220. The predicted molar refractivity (Wildman–Crippen MR) is 130 cm³/mol. The molecule has 1 saturated heterocycles. The van der Waals surface area contributed by atoms with E-state index >= 15 is 0 Å². The summed E-state index contributed by atoms with van der Waals surface area (Å²) in [5.74, 6) is 0.0420. The van der Waals surface area contributed by atoms with Crippen molar-refractivity contribution in [1.82, 2.24) is 4.98 Å². The summed E-state index contributed by atoms with van der Waals surface area (Å²) in [4.78, 5) is 19.9. The van der Waals surface area contributed by atoms with E-state index in [1.807, 2.05) is 18.2 Å². The van der Waals surface area contributed by atoms with Gasteiger partial charge in [-0.05, 0) is 55.2 Å². The van der Waals surface area contributed by atoms with Crippen LogP contribution in [0.25, 0.3) is 10.2 Å². The van der Waals surface area contributed by atoms with Gasteiger partial charge in [-0.25, -0.2) is 13.4 Å². The van der Waals surface area contributed by atoms with Crippen molar-refractivity contribution in [1.29, 1.82) is 0 Å². The Kier molecular flexibility index (Phi) is 7.31. The van der Waals surface area contributed by atoms with Gasteiger partial charge >= 0.3 is 0 Å². The fraction of sp³-hybridized carbons (Fsp3) is 0.417. The van der Waals surface area contributed by atoms with Crippen molar-refractivity contribution in [2.24, 2.45) is 0 Å². The Morgan fingerprint density at radius 3 is 2.70 bits per heavy atom. The van der Waals surface area contributed by atoms with Crippen molar-refractivity contribution in [2.45, 2.75) is 43.6 Å². The molecule has 1 aromatic heterocycles. The normalized spacial score (nSPS) is 16.2. The zero-order chi connectivity index (χ0) is 23.4. The number of carbonyl (C=O) groups is 1. The topological polar surface area (TPSA) is 85.8 Å². The number of fused-ring (bicyclic) bond motifs is 1. The molecule has 1 aliphatic heterocycles. The van der Waals surface area contributed by atoms with Gasteiger partial charge in [0.2, 0.25) is 5.91 Å². The van der Waals surface area contributed by atoms with E-state index in [2.05, 4.69) is 6.92 Å². The molecule has 1 unspecified atom stereocenters. The molecule has 3 aromatic rings. The van der Waals surface area contributed by atoms with Crippen LogP contribution in [-0.2, 0) is 25.8 Å². The van der Waals surface area contributed by atoms with E-state index < -0.39 is 9.84 Å². The van der Waals surface area contributed by atoms with Crippen LogP contribution in [0.4, 0.5) is 5.13 Å². The standard InChI is InChI=1S/C24H28N2O5S2/c1-3-17-6-4-8-21-23(17)25-24(32-21)26(16-19-7-5-14-31-19)22(27)13-15-33(28,29)20-11-9-18(30-2)10-12-20/h4,6,8-12,19H,3,5,7,13-16H2,1-2H3. The number of amides is 1. The van der Waals surface area contributed by atoms with Gasteiger partial charge < -0.3 is 9.47 Å². The number of ether oxygens (including phenoxy) is 2. The zero-order valence-electron chi connectivity index (χ0n) is 18.8. The molecule has 4 rings (SSSR count). The van der Waals surface area contributed by atoms with Crippen LogP contribution in [0.15, 0.2) is 47.4 Å². The molecule has 2 heterocycles. The van der Waals surface area contributed by atoms with Crippen LogP contribution in [-0.4, -0.2) is 51.4 Å². The fourth-order valence-corrected chi connectivity index (χ4v) is 6.20. The van der Waals surface area contributed by atoms with Crippen LogP contribution in [0.1, 0.15) is 31.7 Å². The molecular weight excluding hydrogens is 460 g/mol. The number of benzene rings is 2. The summed E-state index contributed by atoms with van der Waals surface area (Å²) in [5, 5.41) is 0.591.